The van der Waals surface area contributed by atoms with E-state index < -0.39 is 11.5 Å². The summed E-state index contributed by atoms with van der Waals surface area (Å²) in [5.74, 6) is 1.91. The van der Waals surface area contributed by atoms with E-state index in [0.717, 1.165) is 22.3 Å². The Morgan fingerprint density at radius 1 is 1.06 bits per heavy atom. The Morgan fingerprint density at radius 2 is 1.76 bits per heavy atom. The van der Waals surface area contributed by atoms with Crippen molar-refractivity contribution in [1.29, 1.82) is 0 Å². The van der Waals surface area contributed by atoms with Gasteiger partial charge in [0.2, 0.25) is 5.91 Å². The molecule has 7 heteroatoms. The molecular formula is C27H32N2O5. The van der Waals surface area contributed by atoms with Crippen molar-refractivity contribution in [3.05, 3.63) is 63.4 Å². The number of aromatic nitrogens is 1. The number of hydrogen-bond donors (Lipinski definition) is 1. The molecule has 0 fully saturated rings. The lowest BCUT2D eigenvalue weighted by atomic mass is 9.85. The topological polar surface area (TPSA) is 80.9 Å². The minimum Gasteiger partial charge on any atom is -0.494 e. The quantitative estimate of drug-likeness (QED) is 0.603. The van der Waals surface area contributed by atoms with E-state index in [1.54, 1.807) is 14.2 Å². The largest absolute Gasteiger partial charge is 0.494 e. The minimum atomic E-state index is -0.599. The zero-order valence-electron chi connectivity index (χ0n) is 20.7. The lowest BCUT2D eigenvalue weighted by Crippen LogP contribution is -2.47. The van der Waals surface area contributed by atoms with Crippen molar-refractivity contribution in [2.24, 2.45) is 5.41 Å². The number of fused-ring (bicyclic) bond motifs is 2. The lowest BCUT2D eigenvalue weighted by molar-refractivity contribution is -0.141. The maximum Gasteiger partial charge on any atom is 0.254 e. The summed E-state index contributed by atoms with van der Waals surface area (Å²) in [4.78, 5) is 31.7. The Labute approximate surface area is 199 Å². The van der Waals surface area contributed by atoms with Crippen LogP contribution in [0.15, 0.2) is 41.2 Å². The van der Waals surface area contributed by atoms with Gasteiger partial charge in [-0.25, -0.2) is 0 Å². The normalized spacial score (nSPS) is 15.7. The Balaban J connectivity index is 1.96. The number of carbonyl (C=O) groups excluding carboxylic acids is 1. The summed E-state index contributed by atoms with van der Waals surface area (Å²) in [6.45, 7) is 8.67. The van der Waals surface area contributed by atoms with E-state index in [2.05, 4.69) is 4.98 Å². The fraction of sp³-hybridized carbons (Fsp3) is 0.407. The van der Waals surface area contributed by atoms with E-state index in [0.29, 0.717) is 42.2 Å². The molecule has 3 aromatic rings. The van der Waals surface area contributed by atoms with Gasteiger partial charge in [0.1, 0.15) is 5.75 Å². The lowest BCUT2D eigenvalue weighted by Gasteiger charge is -2.40. The smallest absolute Gasteiger partial charge is 0.254 e. The molecule has 180 valence electrons. The number of pyridine rings is 1. The van der Waals surface area contributed by atoms with Crippen LogP contribution in [0, 0.1) is 5.41 Å². The first-order valence-electron chi connectivity index (χ1n) is 11.5. The van der Waals surface area contributed by atoms with Gasteiger partial charge in [0, 0.05) is 28.4 Å². The van der Waals surface area contributed by atoms with Gasteiger partial charge in [-0.3, -0.25) is 9.59 Å². The predicted octanol–water partition coefficient (Wildman–Crippen LogP) is 4.46. The molecule has 1 amide bonds. The molecule has 1 aromatic heterocycles. The molecule has 1 N–H and O–H groups in total. The number of amides is 1. The molecule has 2 aromatic carbocycles. The molecule has 0 radical (unpaired) electrons. The Bertz CT molecular complexity index is 1290. The minimum absolute atomic E-state index is 0.0134. The van der Waals surface area contributed by atoms with Crippen molar-refractivity contribution < 1.29 is 19.0 Å². The van der Waals surface area contributed by atoms with Gasteiger partial charge < -0.3 is 24.1 Å². The number of benzene rings is 2. The van der Waals surface area contributed by atoms with Crippen molar-refractivity contribution in [1.82, 2.24) is 9.88 Å². The zero-order chi connectivity index (χ0) is 24.6. The number of nitrogens with zero attached hydrogens (tertiary/aromatic N) is 1. The number of rotatable bonds is 5. The second-order valence-electron chi connectivity index (χ2n) is 9.54. The molecule has 0 saturated heterocycles. The van der Waals surface area contributed by atoms with E-state index in [1.807, 2.05) is 69.0 Å². The van der Waals surface area contributed by atoms with E-state index in [4.69, 9.17) is 14.2 Å². The fourth-order valence-corrected chi connectivity index (χ4v) is 4.59. The zero-order valence-corrected chi connectivity index (χ0v) is 20.7. The van der Waals surface area contributed by atoms with E-state index in [-0.39, 0.29) is 11.5 Å². The van der Waals surface area contributed by atoms with Gasteiger partial charge >= 0.3 is 0 Å². The molecule has 34 heavy (non-hydrogen) atoms. The van der Waals surface area contributed by atoms with Crippen LogP contribution in [0.4, 0.5) is 0 Å². The highest BCUT2D eigenvalue weighted by Crippen LogP contribution is 2.42. The maximum atomic E-state index is 13.5. The van der Waals surface area contributed by atoms with Crippen molar-refractivity contribution in [3.63, 3.8) is 0 Å². The Hall–Kier alpha value is -3.48. The van der Waals surface area contributed by atoms with Crippen molar-refractivity contribution in [2.75, 3.05) is 27.4 Å². The molecule has 2 heterocycles. The Morgan fingerprint density at radius 3 is 2.41 bits per heavy atom. The summed E-state index contributed by atoms with van der Waals surface area (Å²) in [6, 6.07) is 10.7. The van der Waals surface area contributed by atoms with Gasteiger partial charge in [0.15, 0.2) is 11.5 Å². The highest BCUT2D eigenvalue weighted by atomic mass is 16.5. The molecule has 1 atom stereocenters. The van der Waals surface area contributed by atoms with E-state index in [1.165, 1.54) is 0 Å². The van der Waals surface area contributed by atoms with Gasteiger partial charge in [0.05, 0.1) is 26.9 Å². The monoisotopic (exact) mass is 464 g/mol. The third-order valence-electron chi connectivity index (χ3n) is 6.23. The molecule has 0 aliphatic carbocycles. The highest BCUT2D eigenvalue weighted by molar-refractivity contribution is 5.84. The first kappa shape index (κ1) is 23.7. The summed E-state index contributed by atoms with van der Waals surface area (Å²) in [6.07, 6.45) is 0.661. The number of carbonyl (C=O) groups is 1. The van der Waals surface area contributed by atoms with Crippen LogP contribution in [0.25, 0.3) is 10.9 Å². The van der Waals surface area contributed by atoms with Crippen molar-refractivity contribution in [3.8, 4) is 17.2 Å². The molecule has 4 rings (SSSR count). The van der Waals surface area contributed by atoms with Gasteiger partial charge in [0.25, 0.3) is 5.56 Å². The van der Waals surface area contributed by atoms with E-state index in [9.17, 15) is 9.59 Å². The first-order chi connectivity index (χ1) is 16.2. The number of nitrogens with one attached hydrogen (secondary N) is 1. The molecule has 0 saturated carbocycles. The highest BCUT2D eigenvalue weighted by Gasteiger charge is 2.38. The molecule has 1 aliphatic rings. The molecule has 7 nitrogen and oxygen atoms in total. The van der Waals surface area contributed by atoms with Crippen LogP contribution in [0.3, 0.4) is 0 Å². The Kier molecular flexibility index (Phi) is 6.30. The van der Waals surface area contributed by atoms with Crippen LogP contribution in [0.1, 0.15) is 50.4 Å². The van der Waals surface area contributed by atoms with Crippen LogP contribution in [0.5, 0.6) is 17.2 Å². The summed E-state index contributed by atoms with van der Waals surface area (Å²) < 4.78 is 16.7. The second-order valence-corrected chi connectivity index (χ2v) is 9.54. The third kappa shape index (κ3) is 4.22. The average Bonchev–Trinajstić information content (AvgIpc) is 2.81. The SMILES string of the molecule is CCOc1ccc2[nH]c(=O)c([C@@H]3c4cc(OC)c(OC)cc4CCN3C(=O)C(C)(C)C)cc2c1. The number of H-pyrrole nitrogens is 1. The molecule has 0 bridgehead atoms. The van der Waals surface area contributed by atoms with Crippen LogP contribution in [0.2, 0.25) is 0 Å². The maximum absolute atomic E-state index is 13.5. The van der Waals surface area contributed by atoms with Crippen LogP contribution < -0.4 is 19.8 Å². The van der Waals surface area contributed by atoms with Crippen LogP contribution in [-0.4, -0.2) is 43.2 Å². The standard InChI is InChI=1S/C27H32N2O5/c1-7-34-18-8-9-21-17(12-18)13-20(25(30)28-21)24-19-15-23(33-6)22(32-5)14-16(19)10-11-29(24)26(31)27(2,3)4/h8-9,12-15,24H,7,10-11H2,1-6H3,(H,28,30)/t24-/m0/s1. The van der Waals surface area contributed by atoms with Crippen LogP contribution >= 0.6 is 0 Å². The number of hydrogen-bond acceptors (Lipinski definition) is 5. The number of ether oxygens (including phenoxy) is 3. The molecule has 1 aliphatic heterocycles. The molecular weight excluding hydrogens is 432 g/mol. The first-order valence-corrected chi connectivity index (χ1v) is 11.5. The van der Waals surface area contributed by atoms with Crippen molar-refractivity contribution >= 4 is 16.8 Å². The van der Waals surface area contributed by atoms with E-state index >= 15 is 0 Å². The van der Waals surface area contributed by atoms with Gasteiger partial charge in [-0.15, -0.1) is 0 Å². The summed E-state index contributed by atoms with van der Waals surface area (Å²) in [5.41, 5.74) is 2.30. The van der Waals surface area contributed by atoms with Gasteiger partial charge in [-0.2, -0.15) is 0 Å². The third-order valence-corrected chi connectivity index (χ3v) is 6.23. The van der Waals surface area contributed by atoms with Crippen LogP contribution in [-0.2, 0) is 11.2 Å². The molecule has 0 spiro atoms. The average molecular weight is 465 g/mol. The predicted molar refractivity (Wildman–Crippen MR) is 132 cm³/mol. The van der Waals surface area contributed by atoms with Gasteiger partial charge in [-0.05, 0) is 60.9 Å². The van der Waals surface area contributed by atoms with Crippen molar-refractivity contribution in [2.45, 2.75) is 40.2 Å². The summed E-state index contributed by atoms with van der Waals surface area (Å²) >= 11 is 0. The number of aromatic amines is 1. The fourth-order valence-electron chi connectivity index (χ4n) is 4.59. The summed E-state index contributed by atoms with van der Waals surface area (Å²) in [5, 5.41) is 0.844. The molecule has 0 unspecified atom stereocenters. The number of methoxy groups -OCH3 is 2. The second kappa shape index (κ2) is 9.05. The summed E-state index contributed by atoms with van der Waals surface area (Å²) in [7, 11) is 3.18. The van der Waals surface area contributed by atoms with Gasteiger partial charge in [-0.1, -0.05) is 20.8 Å².